The van der Waals surface area contributed by atoms with Crippen LogP contribution >= 0.6 is 34.7 Å². The van der Waals surface area contributed by atoms with Gasteiger partial charge in [0, 0.05) is 10.8 Å². The van der Waals surface area contributed by atoms with E-state index in [0.717, 1.165) is 25.9 Å². The van der Waals surface area contributed by atoms with Crippen LogP contribution in [0.5, 0.6) is 0 Å². The molecule has 2 aromatic heterocycles. The maximum absolute atomic E-state index is 6.16. The highest BCUT2D eigenvalue weighted by molar-refractivity contribution is 8.00. The van der Waals surface area contributed by atoms with Crippen LogP contribution in [-0.4, -0.2) is 19.8 Å². The molecule has 116 valence electrons. The molecule has 0 spiro atoms. The molecule has 0 aliphatic rings. The van der Waals surface area contributed by atoms with Gasteiger partial charge in [0.05, 0.1) is 6.04 Å². The minimum atomic E-state index is -0.164. The zero-order valence-electron chi connectivity index (χ0n) is 12.2. The number of nitrogens with zero attached hydrogens (tertiary/aromatic N) is 4. The predicted octanol–water partition coefficient (Wildman–Crippen LogP) is 3.79. The summed E-state index contributed by atoms with van der Waals surface area (Å²) in [5, 5.41) is 13.6. The Labute approximate surface area is 141 Å². The van der Waals surface area contributed by atoms with Crippen molar-refractivity contribution < 1.29 is 0 Å². The third-order valence-electron chi connectivity index (χ3n) is 3.26. The normalized spacial score (nSPS) is 13.1. The molecule has 1 aromatic carbocycles. The molecule has 0 radical (unpaired) electrons. The first-order valence-corrected chi connectivity index (χ1v) is 9.07. The Morgan fingerprint density at radius 2 is 2.18 bits per heavy atom. The smallest absolute Gasteiger partial charge is 0.235 e. The molecule has 0 saturated carbocycles. The molecule has 0 bridgehead atoms. The molecule has 1 atom stereocenters. The SMILES string of the molecule is CC(C)C(N)c1nnc2sc(SCc3cccc(Cl)c3)nn12. The lowest BCUT2D eigenvalue weighted by atomic mass is 10.1. The summed E-state index contributed by atoms with van der Waals surface area (Å²) in [6, 6.07) is 7.69. The molecule has 1 unspecified atom stereocenters. The summed E-state index contributed by atoms with van der Waals surface area (Å²) < 4.78 is 2.71. The van der Waals surface area contributed by atoms with Gasteiger partial charge in [0.15, 0.2) is 10.2 Å². The first-order chi connectivity index (χ1) is 10.5. The summed E-state index contributed by atoms with van der Waals surface area (Å²) in [7, 11) is 0. The monoisotopic (exact) mass is 353 g/mol. The van der Waals surface area contributed by atoms with Crippen LogP contribution in [0.4, 0.5) is 0 Å². The lowest BCUT2D eigenvalue weighted by Crippen LogP contribution is -2.20. The highest BCUT2D eigenvalue weighted by Gasteiger charge is 2.20. The molecule has 0 amide bonds. The summed E-state index contributed by atoms with van der Waals surface area (Å²) >= 11 is 9.18. The van der Waals surface area contributed by atoms with Crippen LogP contribution in [0.25, 0.3) is 4.96 Å². The van der Waals surface area contributed by atoms with E-state index in [1.54, 1.807) is 16.3 Å². The third-order valence-corrected chi connectivity index (χ3v) is 5.60. The molecule has 0 saturated heterocycles. The Bertz CT molecular complexity index is 782. The van der Waals surface area contributed by atoms with Crippen molar-refractivity contribution in [2.75, 3.05) is 0 Å². The molecule has 2 N–H and O–H groups in total. The average Bonchev–Trinajstić information content (AvgIpc) is 3.04. The van der Waals surface area contributed by atoms with Gasteiger partial charge in [0.2, 0.25) is 4.96 Å². The van der Waals surface area contributed by atoms with E-state index in [1.165, 1.54) is 16.9 Å². The largest absolute Gasteiger partial charge is 0.321 e. The van der Waals surface area contributed by atoms with Crippen molar-refractivity contribution in [2.45, 2.75) is 30.0 Å². The number of nitrogens with two attached hydrogens (primary N) is 1. The second kappa shape index (κ2) is 6.54. The molecule has 2 heterocycles. The summed E-state index contributed by atoms with van der Waals surface area (Å²) in [4.78, 5) is 0.777. The molecule has 3 rings (SSSR count). The molecular weight excluding hydrogens is 338 g/mol. The molecular formula is C14H16ClN5S2. The van der Waals surface area contributed by atoms with Crippen LogP contribution in [0.3, 0.4) is 0 Å². The van der Waals surface area contributed by atoms with Crippen LogP contribution in [0.2, 0.25) is 5.02 Å². The van der Waals surface area contributed by atoms with Crippen molar-refractivity contribution in [1.29, 1.82) is 0 Å². The van der Waals surface area contributed by atoms with Crippen molar-refractivity contribution in [3.05, 3.63) is 40.7 Å². The molecule has 22 heavy (non-hydrogen) atoms. The Balaban J connectivity index is 1.78. The van der Waals surface area contributed by atoms with E-state index in [0.29, 0.717) is 0 Å². The maximum Gasteiger partial charge on any atom is 0.235 e. The van der Waals surface area contributed by atoms with E-state index in [1.807, 2.05) is 18.2 Å². The van der Waals surface area contributed by atoms with Crippen molar-refractivity contribution in [3.63, 3.8) is 0 Å². The lowest BCUT2D eigenvalue weighted by molar-refractivity contribution is 0.479. The van der Waals surface area contributed by atoms with Gasteiger partial charge in [-0.15, -0.1) is 15.3 Å². The third kappa shape index (κ3) is 3.27. The van der Waals surface area contributed by atoms with Gasteiger partial charge < -0.3 is 5.73 Å². The van der Waals surface area contributed by atoms with Gasteiger partial charge in [-0.25, -0.2) is 0 Å². The van der Waals surface area contributed by atoms with Gasteiger partial charge in [-0.2, -0.15) is 4.52 Å². The number of hydrogen-bond acceptors (Lipinski definition) is 6. The summed E-state index contributed by atoms with van der Waals surface area (Å²) in [5.74, 6) is 1.82. The highest BCUT2D eigenvalue weighted by Crippen LogP contribution is 2.29. The summed E-state index contributed by atoms with van der Waals surface area (Å²) in [6.07, 6.45) is 0. The summed E-state index contributed by atoms with van der Waals surface area (Å²) in [5.41, 5.74) is 7.33. The van der Waals surface area contributed by atoms with Crippen LogP contribution in [0.1, 0.15) is 31.3 Å². The molecule has 0 aliphatic heterocycles. The Kier molecular flexibility index (Phi) is 4.67. The van der Waals surface area contributed by atoms with Crippen molar-refractivity contribution in [1.82, 2.24) is 19.8 Å². The Hall–Kier alpha value is -1.15. The zero-order valence-corrected chi connectivity index (χ0v) is 14.6. The van der Waals surface area contributed by atoms with Gasteiger partial charge >= 0.3 is 0 Å². The number of aromatic nitrogens is 4. The topological polar surface area (TPSA) is 69.1 Å². The van der Waals surface area contributed by atoms with Gasteiger partial charge in [0.1, 0.15) is 0 Å². The van der Waals surface area contributed by atoms with Crippen molar-refractivity contribution in [3.8, 4) is 0 Å². The van der Waals surface area contributed by atoms with Crippen molar-refractivity contribution in [2.24, 2.45) is 11.7 Å². The molecule has 8 heteroatoms. The number of benzene rings is 1. The first-order valence-electron chi connectivity index (χ1n) is 6.89. The zero-order chi connectivity index (χ0) is 15.7. The number of fused-ring (bicyclic) bond motifs is 1. The second-order valence-corrected chi connectivity index (χ2v) is 7.92. The van der Waals surface area contributed by atoms with E-state index in [-0.39, 0.29) is 12.0 Å². The standard InChI is InChI=1S/C14H16ClN5S2/c1-8(2)11(16)12-17-18-13-20(12)19-14(22-13)21-7-9-4-3-5-10(15)6-9/h3-6,8,11H,7,16H2,1-2H3. The lowest BCUT2D eigenvalue weighted by Gasteiger charge is -2.11. The predicted molar refractivity (Wildman–Crippen MR) is 91.4 cm³/mol. The summed E-state index contributed by atoms with van der Waals surface area (Å²) in [6.45, 7) is 4.12. The molecule has 3 aromatic rings. The first kappa shape index (κ1) is 15.7. The number of rotatable bonds is 5. The van der Waals surface area contributed by atoms with Gasteiger partial charge in [-0.1, -0.05) is 60.7 Å². The number of hydrogen-bond donors (Lipinski definition) is 1. The molecule has 0 aliphatic carbocycles. The fraction of sp³-hybridized carbons (Fsp3) is 0.357. The minimum Gasteiger partial charge on any atom is -0.321 e. The highest BCUT2D eigenvalue weighted by atomic mass is 35.5. The van der Waals surface area contributed by atoms with Crippen molar-refractivity contribution >= 4 is 39.7 Å². The Morgan fingerprint density at radius 3 is 2.91 bits per heavy atom. The van der Waals surface area contributed by atoms with E-state index in [4.69, 9.17) is 17.3 Å². The Morgan fingerprint density at radius 1 is 1.36 bits per heavy atom. The van der Waals surface area contributed by atoms with Crippen LogP contribution in [0, 0.1) is 5.92 Å². The van der Waals surface area contributed by atoms with Crippen LogP contribution in [-0.2, 0) is 5.75 Å². The average molecular weight is 354 g/mol. The molecule has 5 nitrogen and oxygen atoms in total. The molecule has 0 fully saturated rings. The van der Waals surface area contributed by atoms with E-state index >= 15 is 0 Å². The van der Waals surface area contributed by atoms with Crippen LogP contribution in [0.15, 0.2) is 28.6 Å². The van der Waals surface area contributed by atoms with E-state index in [2.05, 4.69) is 35.2 Å². The maximum atomic E-state index is 6.16. The van der Waals surface area contributed by atoms with Gasteiger partial charge in [0.25, 0.3) is 0 Å². The fourth-order valence-corrected chi connectivity index (χ4v) is 3.99. The van der Waals surface area contributed by atoms with Crippen LogP contribution < -0.4 is 5.73 Å². The van der Waals surface area contributed by atoms with Gasteiger partial charge in [-0.3, -0.25) is 0 Å². The number of thioether (sulfide) groups is 1. The minimum absolute atomic E-state index is 0.164. The quantitative estimate of drug-likeness (QED) is 0.707. The van der Waals surface area contributed by atoms with Gasteiger partial charge in [-0.05, 0) is 23.6 Å². The fourth-order valence-electron chi connectivity index (χ4n) is 1.95. The van der Waals surface area contributed by atoms with E-state index in [9.17, 15) is 0 Å². The number of halogens is 1. The second-order valence-electron chi connectivity index (χ2n) is 5.31. The van der Waals surface area contributed by atoms with E-state index < -0.39 is 0 Å².